The van der Waals surface area contributed by atoms with Crippen molar-refractivity contribution in [1.29, 1.82) is 0 Å². The van der Waals surface area contributed by atoms with Gasteiger partial charge in [-0.2, -0.15) is 0 Å². The van der Waals surface area contributed by atoms with Gasteiger partial charge in [0.1, 0.15) is 0 Å². The van der Waals surface area contributed by atoms with Crippen LogP contribution in [0.1, 0.15) is 64.0 Å². The van der Waals surface area contributed by atoms with Gasteiger partial charge in [-0.25, -0.2) is 0 Å². The first-order chi connectivity index (χ1) is 10.5. The molecule has 1 aliphatic carbocycles. The molecule has 0 radical (unpaired) electrons. The van der Waals surface area contributed by atoms with E-state index in [4.69, 9.17) is 0 Å². The second kappa shape index (κ2) is 7.96. The molecule has 0 fully saturated rings. The number of allylic oxidation sites excluding steroid dienone is 4. The van der Waals surface area contributed by atoms with Crippen LogP contribution in [0.5, 0.6) is 0 Å². The minimum atomic E-state index is -0.282. The van der Waals surface area contributed by atoms with Gasteiger partial charge >= 0.3 is 0 Å². The van der Waals surface area contributed by atoms with E-state index in [1.54, 1.807) is 21.5 Å². The van der Waals surface area contributed by atoms with Crippen molar-refractivity contribution in [1.82, 2.24) is 0 Å². The predicted octanol–water partition coefficient (Wildman–Crippen LogP) is 4.92. The summed E-state index contributed by atoms with van der Waals surface area (Å²) in [5, 5.41) is 3.36. The summed E-state index contributed by atoms with van der Waals surface area (Å²) in [6.45, 7) is 11.5. The fraction of sp³-hybridized carbons (Fsp3) is 0.524. The fourth-order valence-electron chi connectivity index (χ4n) is 3.69. The molecule has 0 spiro atoms. The van der Waals surface area contributed by atoms with E-state index in [1.165, 1.54) is 43.2 Å². The minimum Gasteiger partial charge on any atom is -0.0783 e. The Morgan fingerprint density at radius 3 is 2.32 bits per heavy atom. The van der Waals surface area contributed by atoms with Gasteiger partial charge in [0.2, 0.25) is 0 Å². The summed E-state index contributed by atoms with van der Waals surface area (Å²) in [5.41, 5.74) is 6.24. The van der Waals surface area contributed by atoms with Crippen molar-refractivity contribution in [2.75, 3.05) is 0 Å². The van der Waals surface area contributed by atoms with E-state index in [0.717, 1.165) is 0 Å². The molecular weight excluding hydrogens is 280 g/mol. The summed E-state index contributed by atoms with van der Waals surface area (Å²) in [4.78, 5) is 0. The van der Waals surface area contributed by atoms with Crippen LogP contribution in [0.3, 0.4) is 0 Å². The third kappa shape index (κ3) is 4.71. The second-order valence-corrected chi connectivity index (χ2v) is 9.40. The molecule has 2 rings (SSSR count). The van der Waals surface area contributed by atoms with Crippen molar-refractivity contribution in [2.24, 2.45) is 5.92 Å². The number of unbranched alkanes of at least 4 members (excludes halogenated alkanes) is 2. The highest BCUT2D eigenvalue weighted by Gasteiger charge is 2.18. The van der Waals surface area contributed by atoms with Crippen LogP contribution in [-0.2, 0) is 0 Å². The molecule has 0 amide bonds. The molecule has 0 heterocycles. The van der Waals surface area contributed by atoms with E-state index < -0.39 is 0 Å². The zero-order chi connectivity index (χ0) is 16.1. The maximum Gasteiger partial charge on any atom is 0.0828 e. The molecular formula is C21H32Si. The van der Waals surface area contributed by atoms with Gasteiger partial charge in [-0.3, -0.25) is 0 Å². The highest BCUT2D eigenvalue weighted by Crippen LogP contribution is 2.33. The van der Waals surface area contributed by atoms with Crippen molar-refractivity contribution in [2.45, 2.75) is 66.7 Å². The lowest BCUT2D eigenvalue weighted by Gasteiger charge is -2.10. The van der Waals surface area contributed by atoms with Gasteiger partial charge in [0.05, 0.1) is 9.52 Å². The smallest absolute Gasteiger partial charge is 0.0783 e. The standard InChI is InChI=1S/C21H32Si/c1-6-7-8-9-18-13-20(14-21(18)15(2)3)22-19-11-16(4)10-17(5)12-19/h10-12,14-15H,6-9,13,22H2,1-5H3. The van der Waals surface area contributed by atoms with E-state index in [0.29, 0.717) is 5.92 Å². The van der Waals surface area contributed by atoms with E-state index in [9.17, 15) is 0 Å². The maximum absolute atomic E-state index is 2.57. The van der Waals surface area contributed by atoms with Gasteiger partial charge in [0, 0.05) is 0 Å². The van der Waals surface area contributed by atoms with Crippen LogP contribution >= 0.6 is 0 Å². The summed E-state index contributed by atoms with van der Waals surface area (Å²) in [5.74, 6) is 0.683. The molecule has 1 aromatic rings. The van der Waals surface area contributed by atoms with Crippen LogP contribution in [0.25, 0.3) is 0 Å². The van der Waals surface area contributed by atoms with Crippen LogP contribution in [-0.4, -0.2) is 9.52 Å². The second-order valence-electron chi connectivity index (χ2n) is 7.32. The predicted molar refractivity (Wildman–Crippen MR) is 103 cm³/mol. The lowest BCUT2D eigenvalue weighted by atomic mass is 9.96. The molecule has 0 bridgehead atoms. The summed E-state index contributed by atoms with van der Waals surface area (Å²) in [6.07, 6.45) is 9.23. The molecule has 120 valence electrons. The molecule has 0 N–H and O–H groups in total. The first-order valence-corrected chi connectivity index (χ1v) is 10.4. The normalized spacial score (nSPS) is 15.5. The molecule has 0 atom stereocenters. The molecule has 0 unspecified atom stereocenters. The topological polar surface area (TPSA) is 0 Å². The maximum atomic E-state index is 2.57. The molecule has 22 heavy (non-hydrogen) atoms. The average molecular weight is 313 g/mol. The molecule has 0 aliphatic heterocycles. The minimum absolute atomic E-state index is 0.282. The summed E-state index contributed by atoms with van der Waals surface area (Å²) in [7, 11) is -0.282. The Labute approximate surface area is 139 Å². The van der Waals surface area contributed by atoms with Crippen molar-refractivity contribution in [3.05, 3.63) is 51.7 Å². The van der Waals surface area contributed by atoms with Crippen molar-refractivity contribution in [3.63, 3.8) is 0 Å². The SMILES string of the molecule is CCCCCC1=C(C(C)C)C=C([SiH2]c2cc(C)cc(C)c2)C1. The zero-order valence-corrected chi connectivity index (χ0v) is 16.5. The quantitative estimate of drug-likeness (QED) is 0.495. The van der Waals surface area contributed by atoms with E-state index >= 15 is 0 Å². The summed E-state index contributed by atoms with van der Waals surface area (Å²) < 4.78 is 0. The first kappa shape index (κ1) is 17.3. The molecule has 1 aromatic carbocycles. The number of benzene rings is 1. The lowest BCUT2D eigenvalue weighted by molar-refractivity contribution is 0.692. The fourth-order valence-corrected chi connectivity index (χ4v) is 5.81. The van der Waals surface area contributed by atoms with Crippen molar-refractivity contribution in [3.8, 4) is 0 Å². The molecule has 0 aromatic heterocycles. The van der Waals surface area contributed by atoms with Gasteiger partial charge in [-0.05, 0) is 44.6 Å². The Morgan fingerprint density at radius 1 is 1.05 bits per heavy atom. The number of hydrogen-bond acceptors (Lipinski definition) is 0. The first-order valence-electron chi connectivity index (χ1n) is 8.98. The Bertz CT molecular complexity index is 555. The highest BCUT2D eigenvalue weighted by molar-refractivity contribution is 6.61. The van der Waals surface area contributed by atoms with Gasteiger partial charge in [0.15, 0.2) is 0 Å². The van der Waals surface area contributed by atoms with Crippen molar-refractivity contribution < 1.29 is 0 Å². The molecule has 1 heteroatoms. The summed E-state index contributed by atoms with van der Waals surface area (Å²) in [6, 6.07) is 7.10. The zero-order valence-electron chi connectivity index (χ0n) is 15.1. The largest absolute Gasteiger partial charge is 0.0828 e. The lowest BCUT2D eigenvalue weighted by Crippen LogP contribution is -2.17. The van der Waals surface area contributed by atoms with E-state index in [2.05, 4.69) is 58.9 Å². The molecule has 0 nitrogen and oxygen atoms in total. The number of hydrogen-bond donors (Lipinski definition) is 0. The third-order valence-corrected chi connectivity index (χ3v) is 6.35. The van der Waals surface area contributed by atoms with E-state index in [-0.39, 0.29) is 9.52 Å². The van der Waals surface area contributed by atoms with Gasteiger partial charge < -0.3 is 0 Å². The van der Waals surface area contributed by atoms with Gasteiger partial charge in [-0.1, -0.05) is 85.0 Å². The van der Waals surface area contributed by atoms with Crippen molar-refractivity contribution >= 4 is 14.7 Å². The van der Waals surface area contributed by atoms with Crippen LogP contribution in [0.2, 0.25) is 0 Å². The Morgan fingerprint density at radius 2 is 1.73 bits per heavy atom. The monoisotopic (exact) mass is 312 g/mol. The average Bonchev–Trinajstić information content (AvgIpc) is 2.81. The summed E-state index contributed by atoms with van der Waals surface area (Å²) >= 11 is 0. The molecule has 1 aliphatic rings. The van der Waals surface area contributed by atoms with Crippen LogP contribution < -0.4 is 5.19 Å². The van der Waals surface area contributed by atoms with Crippen LogP contribution in [0.4, 0.5) is 0 Å². The number of aryl methyl sites for hydroxylation is 2. The van der Waals surface area contributed by atoms with E-state index in [1.807, 2.05) is 0 Å². The highest BCUT2D eigenvalue weighted by atomic mass is 28.2. The molecule has 0 saturated heterocycles. The Hall–Kier alpha value is -1.08. The molecule has 0 saturated carbocycles. The number of rotatable bonds is 7. The Balaban J connectivity index is 2.07. The third-order valence-electron chi connectivity index (χ3n) is 4.63. The van der Waals surface area contributed by atoms with Crippen LogP contribution in [0.15, 0.2) is 40.6 Å². The Kier molecular flexibility index (Phi) is 6.25. The van der Waals surface area contributed by atoms with Gasteiger partial charge in [0.25, 0.3) is 0 Å². The van der Waals surface area contributed by atoms with Gasteiger partial charge in [-0.15, -0.1) is 0 Å². The van der Waals surface area contributed by atoms with Crippen LogP contribution in [0, 0.1) is 19.8 Å².